The second-order valence-corrected chi connectivity index (χ2v) is 7.49. The molecule has 1 fully saturated rings. The monoisotopic (exact) mass is 395 g/mol. The van der Waals surface area contributed by atoms with Crippen molar-refractivity contribution in [3.8, 4) is 5.75 Å². The summed E-state index contributed by atoms with van der Waals surface area (Å²) in [7, 11) is 1.63. The summed E-state index contributed by atoms with van der Waals surface area (Å²) in [4.78, 5) is 28.9. The summed E-state index contributed by atoms with van der Waals surface area (Å²) in [5, 5.41) is 2.95. The number of amides is 2. The standard InChI is InChI=1S/C23H29N3O3/c1-17-4-7-20(14-18(17)2)23(28)26-12-10-25(11-13-26)16-22(27)24-15-19-5-8-21(29-3)9-6-19/h4-9,14H,10-13,15-16H2,1-3H3,(H,24,27). The van der Waals surface area contributed by atoms with E-state index < -0.39 is 0 Å². The molecule has 0 aliphatic carbocycles. The maximum Gasteiger partial charge on any atom is 0.253 e. The van der Waals surface area contributed by atoms with Crippen molar-refractivity contribution in [1.82, 2.24) is 15.1 Å². The van der Waals surface area contributed by atoms with Gasteiger partial charge in [-0.25, -0.2) is 0 Å². The van der Waals surface area contributed by atoms with E-state index in [-0.39, 0.29) is 11.8 Å². The van der Waals surface area contributed by atoms with Crippen LogP contribution in [0.15, 0.2) is 42.5 Å². The predicted octanol–water partition coefficient (Wildman–Crippen LogP) is 2.39. The van der Waals surface area contributed by atoms with Gasteiger partial charge in [-0.2, -0.15) is 0 Å². The first-order chi connectivity index (χ1) is 14.0. The highest BCUT2D eigenvalue weighted by Crippen LogP contribution is 2.14. The maximum atomic E-state index is 12.7. The van der Waals surface area contributed by atoms with E-state index in [1.807, 2.05) is 61.2 Å². The fourth-order valence-electron chi connectivity index (χ4n) is 3.37. The van der Waals surface area contributed by atoms with E-state index in [9.17, 15) is 9.59 Å². The Morgan fingerprint density at radius 3 is 2.28 bits per heavy atom. The normalized spacial score (nSPS) is 14.5. The third-order valence-electron chi connectivity index (χ3n) is 5.43. The van der Waals surface area contributed by atoms with Gasteiger partial charge in [-0.05, 0) is 54.8 Å². The van der Waals surface area contributed by atoms with Crippen LogP contribution in [0, 0.1) is 13.8 Å². The Morgan fingerprint density at radius 2 is 1.66 bits per heavy atom. The Balaban J connectivity index is 1.43. The fraction of sp³-hybridized carbons (Fsp3) is 0.391. The zero-order valence-corrected chi connectivity index (χ0v) is 17.4. The van der Waals surface area contributed by atoms with Crippen molar-refractivity contribution in [2.24, 2.45) is 0 Å². The lowest BCUT2D eigenvalue weighted by molar-refractivity contribution is -0.122. The lowest BCUT2D eigenvalue weighted by atomic mass is 10.1. The van der Waals surface area contributed by atoms with Crippen LogP contribution in [0.3, 0.4) is 0 Å². The molecular weight excluding hydrogens is 366 g/mol. The maximum absolute atomic E-state index is 12.7. The summed E-state index contributed by atoms with van der Waals surface area (Å²) >= 11 is 0. The zero-order valence-electron chi connectivity index (χ0n) is 17.4. The second kappa shape index (κ2) is 9.56. The Bertz CT molecular complexity index is 856. The van der Waals surface area contributed by atoms with Crippen LogP contribution in [-0.4, -0.2) is 61.4 Å². The van der Waals surface area contributed by atoms with Crippen LogP contribution < -0.4 is 10.1 Å². The molecule has 1 N–H and O–H groups in total. The summed E-state index contributed by atoms with van der Waals surface area (Å²) in [5.74, 6) is 0.861. The number of ether oxygens (including phenoxy) is 1. The molecule has 2 aromatic carbocycles. The third-order valence-corrected chi connectivity index (χ3v) is 5.43. The number of benzene rings is 2. The molecule has 29 heavy (non-hydrogen) atoms. The Hall–Kier alpha value is -2.86. The van der Waals surface area contributed by atoms with Crippen molar-refractivity contribution in [2.45, 2.75) is 20.4 Å². The Labute approximate surface area is 172 Å². The quantitative estimate of drug-likeness (QED) is 0.816. The second-order valence-electron chi connectivity index (χ2n) is 7.49. The van der Waals surface area contributed by atoms with E-state index in [1.54, 1.807) is 7.11 Å². The van der Waals surface area contributed by atoms with Gasteiger partial charge in [0.2, 0.25) is 5.91 Å². The first kappa shape index (κ1) is 20.9. The molecule has 154 valence electrons. The summed E-state index contributed by atoms with van der Waals surface area (Å²) in [6, 6.07) is 13.5. The molecule has 6 heteroatoms. The highest BCUT2D eigenvalue weighted by atomic mass is 16.5. The van der Waals surface area contributed by atoms with Crippen molar-refractivity contribution in [1.29, 1.82) is 0 Å². The Kier molecular flexibility index (Phi) is 6.88. The molecule has 0 aromatic heterocycles. The van der Waals surface area contributed by atoms with Crippen molar-refractivity contribution < 1.29 is 14.3 Å². The van der Waals surface area contributed by atoms with Crippen molar-refractivity contribution in [3.05, 3.63) is 64.7 Å². The van der Waals surface area contributed by atoms with Crippen LogP contribution in [0.1, 0.15) is 27.0 Å². The summed E-state index contributed by atoms with van der Waals surface area (Å²) in [6.45, 7) is 7.58. The van der Waals surface area contributed by atoms with E-state index >= 15 is 0 Å². The van der Waals surface area contributed by atoms with Gasteiger partial charge in [0.1, 0.15) is 5.75 Å². The van der Waals surface area contributed by atoms with Gasteiger partial charge < -0.3 is 15.0 Å². The summed E-state index contributed by atoms with van der Waals surface area (Å²) in [6.07, 6.45) is 0. The molecule has 1 aliphatic rings. The summed E-state index contributed by atoms with van der Waals surface area (Å²) in [5.41, 5.74) is 4.08. The minimum absolute atomic E-state index is 0.00486. The lowest BCUT2D eigenvalue weighted by Gasteiger charge is -2.34. The highest BCUT2D eigenvalue weighted by Gasteiger charge is 2.23. The van der Waals surface area contributed by atoms with E-state index in [0.717, 1.165) is 22.4 Å². The molecule has 0 spiro atoms. The number of methoxy groups -OCH3 is 1. The molecule has 3 rings (SSSR count). The first-order valence-electron chi connectivity index (χ1n) is 9.95. The number of nitrogens with one attached hydrogen (secondary N) is 1. The molecule has 2 amide bonds. The molecule has 6 nitrogen and oxygen atoms in total. The van der Waals surface area contributed by atoms with Gasteiger partial charge in [0.15, 0.2) is 0 Å². The van der Waals surface area contributed by atoms with Gasteiger partial charge in [0.25, 0.3) is 5.91 Å². The SMILES string of the molecule is COc1ccc(CNC(=O)CN2CCN(C(=O)c3ccc(C)c(C)c3)CC2)cc1. The van der Waals surface area contributed by atoms with Gasteiger partial charge >= 0.3 is 0 Å². The molecule has 0 atom stereocenters. The van der Waals surface area contributed by atoms with E-state index in [1.165, 1.54) is 5.56 Å². The summed E-state index contributed by atoms with van der Waals surface area (Å²) < 4.78 is 5.14. The molecule has 1 heterocycles. The van der Waals surface area contributed by atoms with Crippen LogP contribution in [-0.2, 0) is 11.3 Å². The van der Waals surface area contributed by atoms with Crippen molar-refractivity contribution >= 4 is 11.8 Å². The van der Waals surface area contributed by atoms with Gasteiger partial charge in [0, 0.05) is 38.3 Å². The fourth-order valence-corrected chi connectivity index (χ4v) is 3.37. The van der Waals surface area contributed by atoms with Gasteiger partial charge in [-0.1, -0.05) is 18.2 Å². The number of piperazine rings is 1. The minimum Gasteiger partial charge on any atom is -0.497 e. The smallest absolute Gasteiger partial charge is 0.253 e. The van der Waals surface area contributed by atoms with E-state index in [2.05, 4.69) is 10.2 Å². The van der Waals surface area contributed by atoms with Gasteiger partial charge in [0.05, 0.1) is 13.7 Å². The number of carbonyl (C=O) groups is 2. The van der Waals surface area contributed by atoms with Gasteiger partial charge in [-0.15, -0.1) is 0 Å². The van der Waals surface area contributed by atoms with Crippen molar-refractivity contribution in [2.75, 3.05) is 39.8 Å². The number of rotatable bonds is 6. The molecule has 0 bridgehead atoms. The van der Waals surface area contributed by atoms with Crippen LogP contribution in [0.5, 0.6) is 5.75 Å². The molecule has 2 aromatic rings. The van der Waals surface area contributed by atoms with Crippen LogP contribution in [0.4, 0.5) is 0 Å². The number of hydrogen-bond acceptors (Lipinski definition) is 4. The first-order valence-corrected chi connectivity index (χ1v) is 9.95. The average molecular weight is 396 g/mol. The molecule has 0 saturated carbocycles. The van der Waals surface area contributed by atoms with Crippen molar-refractivity contribution in [3.63, 3.8) is 0 Å². The highest BCUT2D eigenvalue weighted by molar-refractivity contribution is 5.94. The largest absolute Gasteiger partial charge is 0.497 e. The molecule has 1 aliphatic heterocycles. The zero-order chi connectivity index (χ0) is 20.8. The average Bonchev–Trinajstić information content (AvgIpc) is 2.74. The number of aryl methyl sites for hydroxylation is 2. The predicted molar refractivity (Wildman–Crippen MR) is 113 cm³/mol. The van der Waals surface area contributed by atoms with E-state index in [4.69, 9.17) is 4.74 Å². The Morgan fingerprint density at radius 1 is 0.966 bits per heavy atom. The van der Waals surface area contributed by atoms with Crippen LogP contribution in [0.25, 0.3) is 0 Å². The van der Waals surface area contributed by atoms with Crippen LogP contribution >= 0.6 is 0 Å². The molecule has 1 saturated heterocycles. The number of carbonyl (C=O) groups excluding carboxylic acids is 2. The van der Waals surface area contributed by atoms with Crippen LogP contribution in [0.2, 0.25) is 0 Å². The van der Waals surface area contributed by atoms with Gasteiger partial charge in [-0.3, -0.25) is 14.5 Å². The number of nitrogens with zero attached hydrogens (tertiary/aromatic N) is 2. The topological polar surface area (TPSA) is 61.9 Å². The minimum atomic E-state index is -0.00486. The molecular formula is C23H29N3O3. The lowest BCUT2D eigenvalue weighted by Crippen LogP contribution is -2.51. The molecule has 0 radical (unpaired) electrons. The third kappa shape index (κ3) is 5.57. The number of hydrogen-bond donors (Lipinski definition) is 1. The van der Waals surface area contributed by atoms with E-state index in [0.29, 0.717) is 39.3 Å². The molecule has 0 unspecified atom stereocenters.